The zero-order valence-corrected chi connectivity index (χ0v) is 16.2. The number of piperidine rings is 1. The second-order valence-corrected chi connectivity index (χ2v) is 7.20. The Morgan fingerprint density at radius 1 is 1.04 bits per heavy atom. The Morgan fingerprint density at radius 3 is 2.46 bits per heavy atom. The number of benzene rings is 2. The predicted octanol–water partition coefficient (Wildman–Crippen LogP) is 3.36. The highest BCUT2D eigenvalue weighted by molar-refractivity contribution is 5.74. The summed E-state index contributed by atoms with van der Waals surface area (Å²) in [7, 11) is 1.41. The van der Waals surface area contributed by atoms with Crippen LogP contribution in [0.5, 0.6) is 5.75 Å². The molecule has 1 aliphatic rings. The average molecular weight is 381 g/mol. The number of hydrogen-bond donors (Lipinski definition) is 1. The lowest BCUT2D eigenvalue weighted by atomic mass is 9.83. The molecule has 1 saturated heterocycles. The zero-order chi connectivity index (χ0) is 19.8. The summed E-state index contributed by atoms with van der Waals surface area (Å²) < 4.78 is 10.3. The molecule has 2 atom stereocenters. The highest BCUT2D eigenvalue weighted by Crippen LogP contribution is 2.26. The van der Waals surface area contributed by atoms with Crippen molar-refractivity contribution in [2.45, 2.75) is 25.7 Å². The van der Waals surface area contributed by atoms with Gasteiger partial charge in [0.25, 0.3) is 0 Å². The van der Waals surface area contributed by atoms with Gasteiger partial charge in [0.1, 0.15) is 5.75 Å². The first kappa shape index (κ1) is 20.1. The lowest BCUT2D eigenvalue weighted by Gasteiger charge is -2.29. The first-order chi connectivity index (χ1) is 13.7. The van der Waals surface area contributed by atoms with Crippen molar-refractivity contribution in [3.63, 3.8) is 0 Å². The second kappa shape index (κ2) is 10.0. The Hall–Kier alpha value is -2.66. The molecule has 0 saturated carbocycles. The van der Waals surface area contributed by atoms with Crippen LogP contribution >= 0.6 is 0 Å². The van der Waals surface area contributed by atoms with Gasteiger partial charge in [-0.1, -0.05) is 42.5 Å². The van der Waals surface area contributed by atoms with E-state index in [9.17, 15) is 9.59 Å². The molecule has 28 heavy (non-hydrogen) atoms. The van der Waals surface area contributed by atoms with Crippen molar-refractivity contribution < 1.29 is 19.1 Å². The fraction of sp³-hybridized carbons (Fsp3) is 0.391. The first-order valence-electron chi connectivity index (χ1n) is 9.78. The van der Waals surface area contributed by atoms with Crippen LogP contribution in [0.4, 0.5) is 0 Å². The molecule has 5 nitrogen and oxygen atoms in total. The van der Waals surface area contributed by atoms with E-state index >= 15 is 0 Å². The van der Waals surface area contributed by atoms with Gasteiger partial charge in [0, 0.05) is 13.0 Å². The highest BCUT2D eigenvalue weighted by atomic mass is 16.5. The van der Waals surface area contributed by atoms with Crippen LogP contribution in [0.25, 0.3) is 0 Å². The molecule has 1 heterocycles. The van der Waals surface area contributed by atoms with Crippen molar-refractivity contribution in [3.8, 4) is 5.75 Å². The van der Waals surface area contributed by atoms with E-state index in [0.29, 0.717) is 25.1 Å². The second-order valence-electron chi connectivity index (χ2n) is 7.20. The number of rotatable bonds is 7. The van der Waals surface area contributed by atoms with E-state index in [1.165, 1.54) is 18.2 Å². The Kier molecular flexibility index (Phi) is 7.20. The van der Waals surface area contributed by atoms with Crippen molar-refractivity contribution in [2.24, 2.45) is 11.8 Å². The van der Waals surface area contributed by atoms with Gasteiger partial charge in [-0.25, -0.2) is 0 Å². The minimum atomic E-state index is -0.266. The van der Waals surface area contributed by atoms with Crippen molar-refractivity contribution >= 4 is 11.9 Å². The number of methoxy groups -OCH3 is 1. The van der Waals surface area contributed by atoms with Crippen molar-refractivity contribution in [1.82, 2.24) is 5.32 Å². The van der Waals surface area contributed by atoms with Gasteiger partial charge in [-0.3, -0.25) is 9.59 Å². The van der Waals surface area contributed by atoms with Gasteiger partial charge in [0.2, 0.25) is 0 Å². The molecule has 5 heteroatoms. The monoisotopic (exact) mass is 381 g/mol. The molecule has 0 spiro atoms. The predicted molar refractivity (Wildman–Crippen MR) is 107 cm³/mol. The summed E-state index contributed by atoms with van der Waals surface area (Å²) in [6.45, 7) is 1.46. The van der Waals surface area contributed by atoms with Gasteiger partial charge in [0.15, 0.2) is 0 Å². The standard InChI is InChI=1S/C23H27NO4/c1-27-23(26)21-16-24-14-13-19(21)9-12-22(25)28-20-10-7-18(8-11-20)15-17-5-3-2-4-6-17/h2-8,10-11,19,21,24H,9,12-16H2,1H3. The fourth-order valence-electron chi connectivity index (χ4n) is 3.68. The fourth-order valence-corrected chi connectivity index (χ4v) is 3.68. The molecular weight excluding hydrogens is 354 g/mol. The Balaban J connectivity index is 1.48. The van der Waals surface area contributed by atoms with Crippen LogP contribution in [-0.2, 0) is 20.7 Å². The molecule has 2 aromatic rings. The molecule has 0 bridgehead atoms. The molecule has 1 N–H and O–H groups in total. The van der Waals surface area contributed by atoms with E-state index in [1.807, 2.05) is 42.5 Å². The normalized spacial score (nSPS) is 19.0. The van der Waals surface area contributed by atoms with E-state index in [1.54, 1.807) is 0 Å². The van der Waals surface area contributed by atoms with Crippen molar-refractivity contribution in [3.05, 3.63) is 65.7 Å². The largest absolute Gasteiger partial charge is 0.469 e. The summed E-state index contributed by atoms with van der Waals surface area (Å²) in [5, 5.41) is 3.21. The highest BCUT2D eigenvalue weighted by Gasteiger charge is 2.31. The molecule has 3 rings (SSSR count). The van der Waals surface area contributed by atoms with Crippen LogP contribution in [0.15, 0.2) is 54.6 Å². The molecule has 1 aliphatic heterocycles. The number of ether oxygens (including phenoxy) is 2. The van der Waals surface area contributed by atoms with E-state index < -0.39 is 0 Å². The zero-order valence-electron chi connectivity index (χ0n) is 16.2. The first-order valence-corrected chi connectivity index (χ1v) is 9.78. The number of nitrogens with one attached hydrogen (secondary N) is 1. The smallest absolute Gasteiger partial charge is 0.311 e. The molecule has 0 aromatic heterocycles. The molecule has 2 unspecified atom stereocenters. The number of carbonyl (C=O) groups excluding carboxylic acids is 2. The van der Waals surface area contributed by atoms with Crippen LogP contribution < -0.4 is 10.1 Å². The SMILES string of the molecule is COC(=O)C1CNCCC1CCC(=O)Oc1ccc(Cc2ccccc2)cc1. The van der Waals surface area contributed by atoms with Crippen LogP contribution in [-0.4, -0.2) is 32.1 Å². The van der Waals surface area contributed by atoms with Gasteiger partial charge in [0.05, 0.1) is 13.0 Å². The molecule has 2 aromatic carbocycles. The molecule has 148 valence electrons. The van der Waals surface area contributed by atoms with Crippen LogP contribution in [0.2, 0.25) is 0 Å². The van der Waals surface area contributed by atoms with Crippen molar-refractivity contribution in [1.29, 1.82) is 0 Å². The van der Waals surface area contributed by atoms with E-state index in [0.717, 1.165) is 19.4 Å². The molecule has 0 aliphatic carbocycles. The Morgan fingerprint density at radius 2 is 1.75 bits per heavy atom. The summed E-state index contributed by atoms with van der Waals surface area (Å²) in [4.78, 5) is 24.1. The third-order valence-electron chi connectivity index (χ3n) is 5.25. The molecular formula is C23H27NO4. The van der Waals surface area contributed by atoms with Gasteiger partial charge >= 0.3 is 11.9 Å². The Bertz CT molecular complexity index is 773. The number of esters is 2. The average Bonchev–Trinajstić information content (AvgIpc) is 2.74. The van der Waals surface area contributed by atoms with Crippen LogP contribution in [0.3, 0.4) is 0 Å². The quantitative estimate of drug-likeness (QED) is 0.588. The third-order valence-corrected chi connectivity index (χ3v) is 5.25. The topological polar surface area (TPSA) is 64.6 Å². The lowest BCUT2D eigenvalue weighted by Crippen LogP contribution is -2.41. The van der Waals surface area contributed by atoms with E-state index in [4.69, 9.17) is 9.47 Å². The van der Waals surface area contributed by atoms with Gasteiger partial charge < -0.3 is 14.8 Å². The van der Waals surface area contributed by atoms with E-state index in [2.05, 4.69) is 17.4 Å². The van der Waals surface area contributed by atoms with Crippen molar-refractivity contribution in [2.75, 3.05) is 20.2 Å². The van der Waals surface area contributed by atoms with Gasteiger partial charge in [-0.15, -0.1) is 0 Å². The number of hydrogen-bond acceptors (Lipinski definition) is 5. The summed E-state index contributed by atoms with van der Waals surface area (Å²) in [5.41, 5.74) is 2.41. The van der Waals surface area contributed by atoms with E-state index in [-0.39, 0.29) is 23.8 Å². The minimum absolute atomic E-state index is 0.148. The van der Waals surface area contributed by atoms with Crippen LogP contribution in [0, 0.1) is 11.8 Å². The Labute approximate surface area is 166 Å². The minimum Gasteiger partial charge on any atom is -0.469 e. The third kappa shape index (κ3) is 5.67. The maximum Gasteiger partial charge on any atom is 0.311 e. The van der Waals surface area contributed by atoms with Gasteiger partial charge in [-0.2, -0.15) is 0 Å². The summed E-state index contributed by atoms with van der Waals surface area (Å²) in [6.07, 6.45) is 2.64. The maximum absolute atomic E-state index is 12.2. The van der Waals surface area contributed by atoms with Crippen LogP contribution in [0.1, 0.15) is 30.4 Å². The maximum atomic E-state index is 12.2. The summed E-state index contributed by atoms with van der Waals surface area (Å²) in [5.74, 6) is 0.0347. The lowest BCUT2D eigenvalue weighted by molar-refractivity contribution is -0.148. The molecule has 1 fully saturated rings. The molecule has 0 radical (unpaired) electrons. The summed E-state index contributed by atoms with van der Waals surface area (Å²) in [6, 6.07) is 17.9. The van der Waals surface area contributed by atoms with Gasteiger partial charge in [-0.05, 0) is 55.0 Å². The number of carbonyl (C=O) groups is 2. The molecule has 0 amide bonds. The summed E-state index contributed by atoms with van der Waals surface area (Å²) >= 11 is 0.